The van der Waals surface area contributed by atoms with Crippen LogP contribution in [-0.4, -0.2) is 43.1 Å². The Morgan fingerprint density at radius 3 is 2.58 bits per heavy atom. The predicted octanol–water partition coefficient (Wildman–Crippen LogP) is 2.09. The van der Waals surface area contributed by atoms with Crippen molar-refractivity contribution in [1.29, 1.82) is 0 Å². The molecule has 0 spiro atoms. The van der Waals surface area contributed by atoms with Crippen LogP contribution in [0.4, 0.5) is 10.5 Å². The van der Waals surface area contributed by atoms with Gasteiger partial charge in [0.05, 0.1) is 6.54 Å². The van der Waals surface area contributed by atoms with E-state index in [1.807, 2.05) is 6.92 Å². The number of halogens is 1. The summed E-state index contributed by atoms with van der Waals surface area (Å²) in [5.41, 5.74) is 0.626. The van der Waals surface area contributed by atoms with Crippen LogP contribution in [0.2, 0.25) is 5.02 Å². The van der Waals surface area contributed by atoms with Crippen molar-refractivity contribution in [2.75, 3.05) is 4.90 Å². The van der Waals surface area contributed by atoms with E-state index in [1.165, 1.54) is 9.80 Å². The van der Waals surface area contributed by atoms with E-state index in [9.17, 15) is 9.59 Å². The number of benzene rings is 1. The molecule has 3 amide bonds. The molecule has 0 bridgehead atoms. The topological polar surface area (TPSA) is 84.2 Å². The second kappa shape index (κ2) is 6.56. The third-order valence-electron chi connectivity index (χ3n) is 3.89. The van der Waals surface area contributed by atoms with Crippen LogP contribution in [0.1, 0.15) is 26.1 Å². The highest BCUT2D eigenvalue weighted by Gasteiger charge is 2.43. The normalized spacial score (nSPS) is 17.9. The first-order chi connectivity index (χ1) is 11.5. The molecule has 3 rings (SSSR count). The quantitative estimate of drug-likeness (QED) is 0.772. The third kappa shape index (κ3) is 2.84. The zero-order valence-electron chi connectivity index (χ0n) is 13.4. The minimum Gasteiger partial charge on any atom is -0.282 e. The number of anilines is 1. The zero-order chi connectivity index (χ0) is 17.3. The van der Waals surface area contributed by atoms with E-state index in [0.717, 1.165) is 6.42 Å². The molecule has 1 aromatic heterocycles. The van der Waals surface area contributed by atoms with Crippen LogP contribution in [-0.2, 0) is 17.9 Å². The Morgan fingerprint density at radius 2 is 1.92 bits per heavy atom. The molecule has 1 aliphatic heterocycles. The van der Waals surface area contributed by atoms with Crippen LogP contribution in [0.3, 0.4) is 0 Å². The first-order valence-corrected chi connectivity index (χ1v) is 8.06. The molecule has 2 aromatic rings. The van der Waals surface area contributed by atoms with Crippen molar-refractivity contribution in [3.63, 3.8) is 0 Å². The van der Waals surface area contributed by atoms with Crippen molar-refractivity contribution in [2.45, 2.75) is 39.4 Å². The van der Waals surface area contributed by atoms with E-state index in [-0.39, 0.29) is 18.5 Å². The minimum absolute atomic E-state index is 0.0547. The minimum atomic E-state index is -0.589. The summed E-state index contributed by atoms with van der Waals surface area (Å²) in [5, 5.41) is 12.0. The first-order valence-electron chi connectivity index (χ1n) is 7.68. The molecule has 0 saturated carbocycles. The van der Waals surface area contributed by atoms with Crippen LogP contribution >= 0.6 is 11.6 Å². The lowest BCUT2D eigenvalue weighted by Crippen LogP contribution is -2.34. The van der Waals surface area contributed by atoms with Gasteiger partial charge in [-0.3, -0.25) is 14.6 Å². The molecule has 0 aliphatic carbocycles. The van der Waals surface area contributed by atoms with Gasteiger partial charge in [-0.15, -0.1) is 5.10 Å². The molecule has 0 unspecified atom stereocenters. The summed E-state index contributed by atoms with van der Waals surface area (Å²) >= 11 is 5.88. The molecule has 24 heavy (non-hydrogen) atoms. The maximum absolute atomic E-state index is 12.7. The second-order valence-electron chi connectivity index (χ2n) is 5.55. The number of aryl methyl sites for hydroxylation is 1. The van der Waals surface area contributed by atoms with Gasteiger partial charge in [-0.05, 0) is 48.0 Å². The van der Waals surface area contributed by atoms with Crippen molar-refractivity contribution in [2.24, 2.45) is 0 Å². The number of imide groups is 1. The molecule has 8 nitrogen and oxygen atoms in total. The van der Waals surface area contributed by atoms with Gasteiger partial charge in [-0.2, -0.15) is 0 Å². The van der Waals surface area contributed by atoms with Crippen molar-refractivity contribution in [3.8, 4) is 0 Å². The number of nitrogens with zero attached hydrogens (tertiary/aromatic N) is 6. The third-order valence-corrected chi connectivity index (χ3v) is 4.15. The fourth-order valence-electron chi connectivity index (χ4n) is 2.67. The number of carbonyl (C=O) groups is 2. The summed E-state index contributed by atoms with van der Waals surface area (Å²) < 4.78 is 1.61. The Kier molecular flexibility index (Phi) is 4.48. The van der Waals surface area contributed by atoms with E-state index < -0.39 is 6.04 Å². The highest BCUT2D eigenvalue weighted by atomic mass is 35.5. The van der Waals surface area contributed by atoms with Gasteiger partial charge in [-0.25, -0.2) is 9.48 Å². The van der Waals surface area contributed by atoms with Crippen LogP contribution in [0.5, 0.6) is 0 Å². The van der Waals surface area contributed by atoms with Gasteiger partial charge >= 0.3 is 6.03 Å². The summed E-state index contributed by atoms with van der Waals surface area (Å²) in [6.07, 6.45) is 0.854. The van der Waals surface area contributed by atoms with E-state index in [0.29, 0.717) is 23.1 Å². The number of rotatable bonds is 5. The molecule has 2 heterocycles. The zero-order valence-corrected chi connectivity index (χ0v) is 14.1. The number of carbonyl (C=O) groups excluding carboxylic acids is 2. The van der Waals surface area contributed by atoms with Crippen molar-refractivity contribution in [3.05, 3.63) is 35.1 Å². The Morgan fingerprint density at radius 1 is 1.21 bits per heavy atom. The number of hydrogen-bond donors (Lipinski definition) is 0. The molecular weight excluding hydrogens is 332 g/mol. The molecule has 0 N–H and O–H groups in total. The van der Waals surface area contributed by atoms with Crippen LogP contribution < -0.4 is 4.90 Å². The number of tetrazole rings is 1. The van der Waals surface area contributed by atoms with Gasteiger partial charge in [0.15, 0.2) is 5.82 Å². The van der Waals surface area contributed by atoms with Crippen molar-refractivity contribution >= 4 is 29.2 Å². The molecule has 1 atom stereocenters. The van der Waals surface area contributed by atoms with Crippen LogP contribution in [0.15, 0.2) is 24.3 Å². The molecule has 1 aliphatic rings. The molecule has 9 heteroatoms. The SMILES string of the molecule is CCCn1nnnc1CN1C(=O)[C@H](C)N(c2ccc(Cl)cc2)C1=O. The first kappa shape index (κ1) is 16.4. The van der Waals surface area contributed by atoms with Crippen molar-refractivity contribution < 1.29 is 9.59 Å². The van der Waals surface area contributed by atoms with Gasteiger partial charge < -0.3 is 0 Å². The van der Waals surface area contributed by atoms with E-state index in [1.54, 1.807) is 35.9 Å². The summed E-state index contributed by atoms with van der Waals surface area (Å²) in [7, 11) is 0. The Balaban J connectivity index is 1.85. The van der Waals surface area contributed by atoms with Crippen molar-refractivity contribution in [1.82, 2.24) is 25.1 Å². The largest absolute Gasteiger partial charge is 0.332 e. The lowest BCUT2D eigenvalue weighted by atomic mass is 10.2. The average Bonchev–Trinajstić information content (AvgIpc) is 3.08. The summed E-state index contributed by atoms with van der Waals surface area (Å²) in [5.74, 6) is 0.213. The molecule has 1 saturated heterocycles. The molecule has 1 aromatic carbocycles. The van der Waals surface area contributed by atoms with Gasteiger partial charge in [0.2, 0.25) is 0 Å². The van der Waals surface area contributed by atoms with Gasteiger partial charge in [-0.1, -0.05) is 18.5 Å². The Labute approximate surface area is 144 Å². The van der Waals surface area contributed by atoms with E-state index in [2.05, 4.69) is 15.5 Å². The number of hydrogen-bond acceptors (Lipinski definition) is 5. The summed E-state index contributed by atoms with van der Waals surface area (Å²) in [4.78, 5) is 27.9. The summed E-state index contributed by atoms with van der Waals surface area (Å²) in [6, 6.07) is 5.83. The standard InChI is InChI=1S/C15H17ClN6O2/c1-3-8-21-13(17-18-19-21)9-20-14(23)10(2)22(15(20)24)12-6-4-11(16)5-7-12/h4-7,10H,3,8-9H2,1-2H3/t10-/m0/s1. The van der Waals surface area contributed by atoms with Crippen LogP contribution in [0.25, 0.3) is 0 Å². The predicted molar refractivity (Wildman–Crippen MR) is 87.4 cm³/mol. The van der Waals surface area contributed by atoms with Gasteiger partial charge in [0, 0.05) is 17.3 Å². The summed E-state index contributed by atoms with van der Waals surface area (Å²) in [6.45, 7) is 4.39. The average molecular weight is 349 g/mol. The number of aromatic nitrogens is 4. The maximum Gasteiger partial charge on any atom is 0.332 e. The highest BCUT2D eigenvalue weighted by Crippen LogP contribution is 2.27. The lowest BCUT2D eigenvalue weighted by Gasteiger charge is -2.19. The second-order valence-corrected chi connectivity index (χ2v) is 5.98. The Hall–Kier alpha value is -2.48. The number of urea groups is 1. The molecular formula is C15H17ClN6O2. The number of amides is 3. The van der Waals surface area contributed by atoms with Gasteiger partial charge in [0.25, 0.3) is 5.91 Å². The van der Waals surface area contributed by atoms with E-state index in [4.69, 9.17) is 11.6 Å². The monoisotopic (exact) mass is 348 g/mol. The Bertz CT molecular complexity index is 760. The molecule has 126 valence electrons. The lowest BCUT2D eigenvalue weighted by molar-refractivity contribution is -0.127. The van der Waals surface area contributed by atoms with Gasteiger partial charge in [0.1, 0.15) is 6.04 Å². The molecule has 1 fully saturated rings. The fraction of sp³-hybridized carbons (Fsp3) is 0.400. The maximum atomic E-state index is 12.7. The fourth-order valence-corrected chi connectivity index (χ4v) is 2.80. The smallest absolute Gasteiger partial charge is 0.282 e. The highest BCUT2D eigenvalue weighted by molar-refractivity contribution is 6.30. The van der Waals surface area contributed by atoms with Crippen LogP contribution in [0, 0.1) is 0 Å². The molecule has 0 radical (unpaired) electrons. The van der Waals surface area contributed by atoms with E-state index >= 15 is 0 Å².